The lowest BCUT2D eigenvalue weighted by Gasteiger charge is -2.20. The third-order valence-electron chi connectivity index (χ3n) is 6.07. The number of rotatable bonds is 7. The summed E-state index contributed by atoms with van der Waals surface area (Å²) in [5.74, 6) is -1.17. The van der Waals surface area contributed by atoms with Gasteiger partial charge in [-0.25, -0.2) is 4.39 Å². The zero-order chi connectivity index (χ0) is 25.8. The normalized spacial score (nSPS) is 15.3. The van der Waals surface area contributed by atoms with Crippen molar-refractivity contribution in [1.29, 1.82) is 0 Å². The summed E-state index contributed by atoms with van der Waals surface area (Å²) in [5.41, 5.74) is 2.07. The van der Waals surface area contributed by atoms with E-state index in [0.29, 0.717) is 11.1 Å². The van der Waals surface area contributed by atoms with E-state index < -0.39 is 16.6 Å². The van der Waals surface area contributed by atoms with Gasteiger partial charge in [-0.05, 0) is 44.5 Å². The van der Waals surface area contributed by atoms with Gasteiger partial charge >= 0.3 is 0 Å². The van der Waals surface area contributed by atoms with E-state index in [2.05, 4.69) is 15.3 Å². The maximum atomic E-state index is 14.3. The summed E-state index contributed by atoms with van der Waals surface area (Å²) in [6, 6.07) is 10.3. The number of pyridine rings is 1. The molecule has 1 fully saturated rings. The van der Waals surface area contributed by atoms with Crippen molar-refractivity contribution in [2.24, 2.45) is 4.99 Å². The number of amides is 1. The summed E-state index contributed by atoms with van der Waals surface area (Å²) in [6.07, 6.45) is 5.22. The fourth-order valence-electron chi connectivity index (χ4n) is 4.04. The number of nitrogens with one attached hydrogen (secondary N) is 1. The second kappa shape index (κ2) is 10.6. The number of aliphatic imine (C=N–C) groups is 1. The standard InChI is InChI=1S/C26H26FN5O4/c1-16-6-7-17(14-29-16)21-11-20(32(34)35)12-22(25(21)30-15-18-5-4-10-28-18)26(33)31(2)19-8-9-24(36-3)23(27)13-19/h6-9,11-15,18,28H,4-5,10H2,1-3H3/b30-15+. The molecule has 1 atom stereocenters. The Morgan fingerprint density at radius 3 is 2.72 bits per heavy atom. The highest BCUT2D eigenvalue weighted by atomic mass is 19.1. The van der Waals surface area contributed by atoms with Crippen molar-refractivity contribution in [1.82, 2.24) is 10.3 Å². The SMILES string of the molecule is COc1ccc(N(C)C(=O)c2cc([N+](=O)[O-])cc(-c3ccc(C)nc3)c2/N=C/C2CCCN2)cc1F. The zero-order valence-corrected chi connectivity index (χ0v) is 20.2. The molecule has 0 aliphatic carbocycles. The number of non-ortho nitro benzene ring substituents is 1. The fraction of sp³-hybridized carbons (Fsp3) is 0.269. The number of nitrogens with zero attached hydrogens (tertiary/aromatic N) is 4. The summed E-state index contributed by atoms with van der Waals surface area (Å²) in [7, 11) is 2.82. The van der Waals surface area contributed by atoms with Gasteiger partial charge in [-0.3, -0.25) is 24.9 Å². The Morgan fingerprint density at radius 1 is 1.31 bits per heavy atom. The van der Waals surface area contributed by atoms with Crippen LogP contribution in [0.2, 0.25) is 0 Å². The average molecular weight is 492 g/mol. The van der Waals surface area contributed by atoms with E-state index in [1.54, 1.807) is 24.5 Å². The molecule has 2 aromatic carbocycles. The highest BCUT2D eigenvalue weighted by molar-refractivity contribution is 6.11. The van der Waals surface area contributed by atoms with E-state index in [4.69, 9.17) is 4.74 Å². The molecular formula is C26H26FN5O4. The maximum absolute atomic E-state index is 14.3. The number of aromatic nitrogens is 1. The topological polar surface area (TPSA) is 110 Å². The van der Waals surface area contributed by atoms with E-state index >= 15 is 0 Å². The minimum atomic E-state index is -0.634. The Balaban J connectivity index is 1.87. The van der Waals surface area contributed by atoms with Gasteiger partial charge in [-0.2, -0.15) is 0 Å². The van der Waals surface area contributed by atoms with Crippen molar-refractivity contribution in [2.45, 2.75) is 25.8 Å². The van der Waals surface area contributed by atoms with Crippen LogP contribution in [0.4, 0.5) is 21.5 Å². The predicted octanol–water partition coefficient (Wildman–Crippen LogP) is 4.84. The number of carbonyl (C=O) groups excluding carboxylic acids is 1. The number of methoxy groups -OCH3 is 1. The van der Waals surface area contributed by atoms with Gasteiger partial charge in [0.1, 0.15) is 0 Å². The lowest BCUT2D eigenvalue weighted by molar-refractivity contribution is -0.384. The minimum Gasteiger partial charge on any atom is -0.494 e. The molecule has 3 aromatic rings. The number of benzene rings is 2. The van der Waals surface area contributed by atoms with Crippen LogP contribution in [0.15, 0.2) is 53.7 Å². The van der Waals surface area contributed by atoms with Crippen LogP contribution in [0.5, 0.6) is 5.75 Å². The van der Waals surface area contributed by atoms with Crippen LogP contribution in [-0.4, -0.2) is 48.8 Å². The van der Waals surface area contributed by atoms with Crippen molar-refractivity contribution < 1.29 is 18.8 Å². The molecule has 36 heavy (non-hydrogen) atoms. The molecule has 1 N–H and O–H groups in total. The van der Waals surface area contributed by atoms with Crippen molar-refractivity contribution in [3.8, 4) is 16.9 Å². The number of nitro groups is 1. The molecule has 1 amide bonds. The van der Waals surface area contributed by atoms with Crippen LogP contribution < -0.4 is 15.0 Å². The molecule has 0 saturated carbocycles. The molecule has 4 rings (SSSR count). The minimum absolute atomic E-state index is 0.0211. The number of ether oxygens (including phenoxy) is 1. The lowest BCUT2D eigenvalue weighted by Crippen LogP contribution is -2.27. The first-order valence-corrected chi connectivity index (χ1v) is 11.4. The summed E-state index contributed by atoms with van der Waals surface area (Å²) in [4.78, 5) is 35.1. The molecule has 0 radical (unpaired) electrons. The first kappa shape index (κ1) is 24.9. The second-order valence-electron chi connectivity index (χ2n) is 8.50. The largest absolute Gasteiger partial charge is 0.494 e. The van der Waals surface area contributed by atoms with Gasteiger partial charge in [0, 0.05) is 66.2 Å². The van der Waals surface area contributed by atoms with Crippen LogP contribution in [-0.2, 0) is 0 Å². The molecule has 1 aliphatic rings. The van der Waals surface area contributed by atoms with E-state index in [0.717, 1.165) is 25.1 Å². The molecule has 0 spiro atoms. The van der Waals surface area contributed by atoms with E-state index in [9.17, 15) is 19.3 Å². The maximum Gasteiger partial charge on any atom is 0.271 e. The van der Waals surface area contributed by atoms with Crippen LogP contribution in [0.3, 0.4) is 0 Å². The highest BCUT2D eigenvalue weighted by Crippen LogP contribution is 2.38. The van der Waals surface area contributed by atoms with Gasteiger partial charge in [-0.1, -0.05) is 6.07 Å². The molecule has 186 valence electrons. The number of nitro benzene ring substituents is 1. The molecule has 9 nitrogen and oxygen atoms in total. The van der Waals surface area contributed by atoms with E-state index in [1.165, 1.54) is 49.4 Å². The Hall–Kier alpha value is -4.18. The van der Waals surface area contributed by atoms with Crippen molar-refractivity contribution in [3.05, 3.63) is 75.9 Å². The molecule has 1 saturated heterocycles. The molecule has 1 aromatic heterocycles. The van der Waals surface area contributed by atoms with Crippen LogP contribution in [0.1, 0.15) is 28.9 Å². The van der Waals surface area contributed by atoms with Crippen LogP contribution in [0.25, 0.3) is 11.1 Å². The highest BCUT2D eigenvalue weighted by Gasteiger charge is 2.26. The predicted molar refractivity (Wildman–Crippen MR) is 136 cm³/mol. The quantitative estimate of drug-likeness (QED) is 0.288. The fourth-order valence-corrected chi connectivity index (χ4v) is 4.04. The van der Waals surface area contributed by atoms with Crippen molar-refractivity contribution in [2.75, 3.05) is 25.6 Å². The number of hydrogen-bond donors (Lipinski definition) is 1. The number of aryl methyl sites for hydroxylation is 1. The van der Waals surface area contributed by atoms with Crippen molar-refractivity contribution in [3.63, 3.8) is 0 Å². The molecule has 10 heteroatoms. The summed E-state index contributed by atoms with van der Waals surface area (Å²) in [5, 5.41) is 15.1. The zero-order valence-electron chi connectivity index (χ0n) is 20.2. The van der Waals surface area contributed by atoms with Gasteiger partial charge in [0.05, 0.1) is 23.3 Å². The molecule has 1 aliphatic heterocycles. The Labute approximate surface area is 207 Å². The second-order valence-corrected chi connectivity index (χ2v) is 8.50. The summed E-state index contributed by atoms with van der Waals surface area (Å²) in [6.45, 7) is 2.70. The Kier molecular flexibility index (Phi) is 7.35. The van der Waals surface area contributed by atoms with E-state index in [-0.39, 0.29) is 34.4 Å². The third-order valence-corrected chi connectivity index (χ3v) is 6.07. The molecule has 0 bridgehead atoms. The third kappa shape index (κ3) is 5.23. The molecule has 1 unspecified atom stereocenters. The van der Waals surface area contributed by atoms with Gasteiger partial charge in [-0.15, -0.1) is 0 Å². The number of hydrogen-bond acceptors (Lipinski definition) is 7. The first-order chi connectivity index (χ1) is 17.3. The van der Waals surface area contributed by atoms with Crippen LogP contribution >= 0.6 is 0 Å². The molecule has 2 heterocycles. The van der Waals surface area contributed by atoms with Gasteiger partial charge in [0.15, 0.2) is 11.6 Å². The number of carbonyl (C=O) groups is 1. The average Bonchev–Trinajstić information content (AvgIpc) is 3.40. The Bertz CT molecular complexity index is 1320. The molecular weight excluding hydrogens is 465 g/mol. The van der Waals surface area contributed by atoms with Crippen LogP contribution in [0, 0.1) is 22.9 Å². The smallest absolute Gasteiger partial charge is 0.271 e. The lowest BCUT2D eigenvalue weighted by atomic mass is 9.99. The first-order valence-electron chi connectivity index (χ1n) is 11.4. The van der Waals surface area contributed by atoms with Gasteiger partial charge in [0.25, 0.3) is 11.6 Å². The summed E-state index contributed by atoms with van der Waals surface area (Å²) >= 11 is 0. The number of anilines is 1. The van der Waals surface area contributed by atoms with Crippen molar-refractivity contribution >= 4 is 29.2 Å². The van der Waals surface area contributed by atoms with E-state index in [1.807, 2.05) is 6.92 Å². The summed E-state index contributed by atoms with van der Waals surface area (Å²) < 4.78 is 19.3. The Morgan fingerprint density at radius 2 is 2.11 bits per heavy atom. The van der Waals surface area contributed by atoms with Gasteiger partial charge in [0.2, 0.25) is 0 Å². The van der Waals surface area contributed by atoms with Gasteiger partial charge < -0.3 is 15.0 Å². The number of halogens is 1. The monoisotopic (exact) mass is 491 g/mol.